The van der Waals surface area contributed by atoms with Crippen LogP contribution in [-0.4, -0.2) is 81.7 Å². The lowest BCUT2D eigenvalue weighted by Crippen LogP contribution is -2.78. The Bertz CT molecular complexity index is 830. The van der Waals surface area contributed by atoms with Gasteiger partial charge in [-0.15, -0.1) is 0 Å². The molecule has 3 fully saturated rings. The molecule has 1 aromatic carbocycles. The molecule has 33 heavy (non-hydrogen) atoms. The van der Waals surface area contributed by atoms with Crippen molar-refractivity contribution in [3.8, 4) is 0 Å². The van der Waals surface area contributed by atoms with E-state index in [1.54, 1.807) is 32.2 Å². The summed E-state index contributed by atoms with van der Waals surface area (Å²) in [6, 6.07) is 5.84. The highest BCUT2D eigenvalue weighted by Gasteiger charge is 2.68. The van der Waals surface area contributed by atoms with Crippen molar-refractivity contribution in [2.45, 2.75) is 100 Å². The van der Waals surface area contributed by atoms with Crippen molar-refractivity contribution in [3.63, 3.8) is 0 Å². The quantitative estimate of drug-likeness (QED) is 0.416. The zero-order valence-corrected chi connectivity index (χ0v) is 19.4. The smallest absolute Gasteiger partial charge is 0.248 e. The van der Waals surface area contributed by atoms with Gasteiger partial charge < -0.3 is 40.0 Å². The average Bonchev–Trinajstić information content (AvgIpc) is 2.76. The lowest BCUT2D eigenvalue weighted by atomic mass is 9.73. The molecule has 1 saturated carbocycles. The van der Waals surface area contributed by atoms with Crippen molar-refractivity contribution in [1.82, 2.24) is 5.32 Å². The lowest BCUT2D eigenvalue weighted by Gasteiger charge is -2.60. The maximum absolute atomic E-state index is 14.0. The number of ether oxygens (including phenoxy) is 3. The predicted octanol–water partition coefficient (Wildman–Crippen LogP) is 0.837. The number of halogens is 1. The molecule has 0 aromatic heterocycles. The van der Waals surface area contributed by atoms with Crippen molar-refractivity contribution >= 4 is 0 Å². The number of likely N-dealkylation sites (N-methyl/N-ethyl adjacent to an activating group) is 1. The lowest BCUT2D eigenvalue weighted by molar-refractivity contribution is -0.485. The van der Waals surface area contributed by atoms with E-state index < -0.39 is 60.2 Å². The molecule has 8 nitrogen and oxygen atoms in total. The molecule has 2 aliphatic heterocycles. The van der Waals surface area contributed by atoms with Gasteiger partial charge in [-0.25, -0.2) is 4.39 Å². The Hall–Kier alpha value is -1.17. The second kappa shape index (κ2) is 9.47. The van der Waals surface area contributed by atoms with Gasteiger partial charge in [-0.3, -0.25) is 0 Å². The summed E-state index contributed by atoms with van der Waals surface area (Å²) in [7, 11) is 1.66. The first-order valence-electron chi connectivity index (χ1n) is 11.9. The topological polar surface area (TPSA) is 121 Å². The standard InChI is InChI=1S/C24H36FNO7/c1-4-15-18(27)17(26-3)20-21(19(15)28)32-22-24(30,33-20)23(29,12-13(2)31-22)11-7-9-14-8-5-6-10-16(14)25/h5-6,8,10,13,15,17-22,26-30H,4,7,9,11-12H2,1-3H3/t13-,15-,17+,18+,19+,20-,21-,22+,23+,24-/m1/s1. The number of fused-ring (bicyclic) bond motifs is 2. The van der Waals surface area contributed by atoms with Crippen LogP contribution in [-0.2, 0) is 20.6 Å². The Labute approximate surface area is 193 Å². The fourth-order valence-electron chi connectivity index (χ4n) is 5.81. The van der Waals surface area contributed by atoms with Crippen molar-refractivity contribution in [2.75, 3.05) is 7.05 Å². The van der Waals surface area contributed by atoms with E-state index in [1.165, 1.54) is 6.07 Å². The Kier molecular flexibility index (Phi) is 7.15. The van der Waals surface area contributed by atoms with Crippen LogP contribution >= 0.6 is 0 Å². The van der Waals surface area contributed by atoms with Crippen LogP contribution in [0.1, 0.15) is 45.1 Å². The number of nitrogens with one attached hydrogen (secondary N) is 1. The molecule has 0 bridgehead atoms. The summed E-state index contributed by atoms with van der Waals surface area (Å²) in [4.78, 5) is 0. The van der Waals surface area contributed by atoms with E-state index in [-0.39, 0.29) is 18.7 Å². The molecule has 2 saturated heterocycles. The van der Waals surface area contributed by atoms with E-state index in [2.05, 4.69) is 5.32 Å². The average molecular weight is 470 g/mol. The molecule has 1 aliphatic carbocycles. The minimum atomic E-state index is -2.22. The largest absolute Gasteiger partial charge is 0.391 e. The predicted molar refractivity (Wildman–Crippen MR) is 117 cm³/mol. The number of hydrogen-bond donors (Lipinski definition) is 5. The van der Waals surface area contributed by atoms with Gasteiger partial charge in [-0.2, -0.15) is 0 Å². The number of hydrogen-bond acceptors (Lipinski definition) is 8. The van der Waals surface area contributed by atoms with Crippen LogP contribution < -0.4 is 5.32 Å². The minimum absolute atomic E-state index is 0.0882. The van der Waals surface area contributed by atoms with Gasteiger partial charge in [0.15, 0.2) is 0 Å². The third-order valence-corrected chi connectivity index (χ3v) is 7.62. The Morgan fingerprint density at radius 1 is 1.12 bits per heavy atom. The molecule has 0 radical (unpaired) electrons. The summed E-state index contributed by atoms with van der Waals surface area (Å²) in [6.07, 6.45) is -3.98. The highest BCUT2D eigenvalue weighted by molar-refractivity contribution is 5.17. The van der Waals surface area contributed by atoms with Gasteiger partial charge in [0.05, 0.1) is 24.4 Å². The fourth-order valence-corrected chi connectivity index (χ4v) is 5.81. The number of aliphatic hydroxyl groups excluding tert-OH is 2. The molecule has 186 valence electrons. The highest BCUT2D eigenvalue weighted by atomic mass is 19.1. The third kappa shape index (κ3) is 4.23. The molecule has 3 aliphatic rings. The van der Waals surface area contributed by atoms with Gasteiger partial charge in [-0.1, -0.05) is 25.1 Å². The van der Waals surface area contributed by atoms with Crippen LogP contribution in [0.25, 0.3) is 0 Å². The van der Waals surface area contributed by atoms with Crippen LogP contribution in [0.3, 0.4) is 0 Å². The van der Waals surface area contributed by atoms with E-state index in [0.29, 0.717) is 24.8 Å². The van der Waals surface area contributed by atoms with Crippen LogP contribution in [0.15, 0.2) is 24.3 Å². The Morgan fingerprint density at radius 3 is 2.52 bits per heavy atom. The summed E-state index contributed by atoms with van der Waals surface area (Å²) in [5.74, 6) is -2.98. The molecule has 9 heteroatoms. The molecule has 1 aromatic rings. The van der Waals surface area contributed by atoms with Crippen molar-refractivity contribution in [2.24, 2.45) is 5.92 Å². The van der Waals surface area contributed by atoms with Gasteiger partial charge >= 0.3 is 0 Å². The van der Waals surface area contributed by atoms with Crippen molar-refractivity contribution in [3.05, 3.63) is 35.6 Å². The zero-order valence-electron chi connectivity index (χ0n) is 19.4. The third-order valence-electron chi connectivity index (χ3n) is 7.62. The molecule has 0 spiro atoms. The normalized spacial score (nSPS) is 45.3. The summed E-state index contributed by atoms with van der Waals surface area (Å²) in [5.41, 5.74) is -1.20. The Balaban J connectivity index is 1.57. The molecule has 0 amide bonds. The number of rotatable bonds is 6. The molecule has 0 unspecified atom stereocenters. The molecule has 5 N–H and O–H groups in total. The second-order valence-electron chi connectivity index (χ2n) is 9.71. The second-order valence-corrected chi connectivity index (χ2v) is 9.71. The zero-order chi connectivity index (χ0) is 24.0. The summed E-state index contributed by atoms with van der Waals surface area (Å²) >= 11 is 0. The number of benzene rings is 1. The molecular weight excluding hydrogens is 433 g/mol. The first kappa shape index (κ1) is 24.9. The van der Waals surface area contributed by atoms with Gasteiger partial charge in [0.1, 0.15) is 23.6 Å². The van der Waals surface area contributed by atoms with Gasteiger partial charge in [-0.05, 0) is 51.3 Å². The fraction of sp³-hybridized carbons (Fsp3) is 0.750. The Morgan fingerprint density at radius 2 is 1.85 bits per heavy atom. The summed E-state index contributed by atoms with van der Waals surface area (Å²) in [6.45, 7) is 3.64. The SMILES string of the molecule is CC[C@@H]1[C@H](O)[C@H](NC)[C@H]2O[C@]3(O)[C@H](O[C@@H]2[C@H]1O)O[C@H](C)C[C@@]3(O)CCCc1ccccc1F. The van der Waals surface area contributed by atoms with Crippen molar-refractivity contribution in [1.29, 1.82) is 0 Å². The van der Waals surface area contributed by atoms with E-state index in [0.717, 1.165) is 0 Å². The molecule has 2 heterocycles. The maximum Gasteiger partial charge on any atom is 0.248 e. The maximum atomic E-state index is 14.0. The van der Waals surface area contributed by atoms with Gasteiger partial charge in [0, 0.05) is 12.3 Å². The molecule has 10 atom stereocenters. The van der Waals surface area contributed by atoms with Crippen LogP contribution in [0.4, 0.5) is 4.39 Å². The highest BCUT2D eigenvalue weighted by Crippen LogP contribution is 2.49. The molecule has 4 rings (SSSR count). The number of aryl methyl sites for hydroxylation is 1. The number of aliphatic hydroxyl groups is 4. The minimum Gasteiger partial charge on any atom is -0.391 e. The summed E-state index contributed by atoms with van der Waals surface area (Å²) in [5, 5.41) is 48.0. The molecular formula is C24H36FNO7. The first-order chi connectivity index (χ1) is 15.6. The van der Waals surface area contributed by atoms with E-state index in [4.69, 9.17) is 14.2 Å². The van der Waals surface area contributed by atoms with Crippen LogP contribution in [0.2, 0.25) is 0 Å². The van der Waals surface area contributed by atoms with Crippen molar-refractivity contribution < 1.29 is 39.0 Å². The first-order valence-corrected chi connectivity index (χ1v) is 11.9. The van der Waals surface area contributed by atoms with E-state index in [1.807, 2.05) is 6.92 Å². The van der Waals surface area contributed by atoms with Crippen LogP contribution in [0, 0.1) is 11.7 Å². The summed E-state index contributed by atoms with van der Waals surface area (Å²) < 4.78 is 32.0. The van der Waals surface area contributed by atoms with Gasteiger partial charge in [0.25, 0.3) is 0 Å². The van der Waals surface area contributed by atoms with Crippen LogP contribution in [0.5, 0.6) is 0 Å². The van der Waals surface area contributed by atoms with E-state index in [9.17, 15) is 24.8 Å². The van der Waals surface area contributed by atoms with Gasteiger partial charge in [0.2, 0.25) is 12.1 Å². The monoisotopic (exact) mass is 469 g/mol. The van der Waals surface area contributed by atoms with E-state index >= 15 is 0 Å².